The minimum Gasteiger partial charge on any atom is -0.323 e. The van der Waals surface area contributed by atoms with Crippen molar-refractivity contribution < 1.29 is 4.79 Å². The maximum Gasteiger partial charge on any atom is 0.238 e. The zero-order chi connectivity index (χ0) is 13.1. The van der Waals surface area contributed by atoms with E-state index in [9.17, 15) is 4.79 Å². The molecule has 1 unspecified atom stereocenters. The Bertz CT molecular complexity index is 282. The smallest absolute Gasteiger partial charge is 0.238 e. The number of nitrogens with one attached hydrogen (secondary N) is 1. The number of carbonyl (C=O) groups excluding carboxylic acids is 1. The second kappa shape index (κ2) is 6.05. The monoisotopic (exact) mass is 252 g/mol. The van der Waals surface area contributed by atoms with Gasteiger partial charge in [0.15, 0.2) is 0 Å². The third kappa shape index (κ3) is 2.87. The van der Waals surface area contributed by atoms with Gasteiger partial charge in [-0.25, -0.2) is 0 Å². The van der Waals surface area contributed by atoms with Crippen molar-refractivity contribution in [1.29, 1.82) is 0 Å². The van der Waals surface area contributed by atoms with Crippen LogP contribution in [0.3, 0.4) is 0 Å². The summed E-state index contributed by atoms with van der Waals surface area (Å²) < 4.78 is 0. The lowest BCUT2D eigenvalue weighted by atomic mass is 9.82. The van der Waals surface area contributed by atoms with Gasteiger partial charge >= 0.3 is 0 Å². The van der Waals surface area contributed by atoms with E-state index >= 15 is 0 Å². The Balaban J connectivity index is 1.93. The molecule has 1 aliphatic heterocycles. The van der Waals surface area contributed by atoms with Crippen LogP contribution in [0.4, 0.5) is 0 Å². The van der Waals surface area contributed by atoms with E-state index in [0.717, 1.165) is 5.92 Å². The normalized spacial score (nSPS) is 33.4. The lowest BCUT2D eigenvalue weighted by Crippen LogP contribution is -2.48. The number of carbonyl (C=O) groups is 1. The van der Waals surface area contributed by atoms with E-state index in [1.165, 1.54) is 38.5 Å². The van der Waals surface area contributed by atoms with Crippen LogP contribution in [0.15, 0.2) is 0 Å². The largest absolute Gasteiger partial charge is 0.323 e. The van der Waals surface area contributed by atoms with Crippen molar-refractivity contribution in [3.05, 3.63) is 0 Å². The maximum atomic E-state index is 12.1. The summed E-state index contributed by atoms with van der Waals surface area (Å²) in [7, 11) is 0. The van der Waals surface area contributed by atoms with E-state index in [1.807, 2.05) is 0 Å². The van der Waals surface area contributed by atoms with Gasteiger partial charge in [0.25, 0.3) is 0 Å². The second-order valence-electron chi connectivity index (χ2n) is 6.33. The first kappa shape index (κ1) is 13.9. The van der Waals surface area contributed by atoms with Crippen LogP contribution >= 0.6 is 0 Å². The Morgan fingerprint density at radius 1 is 1.28 bits per heavy atom. The molecule has 104 valence electrons. The summed E-state index contributed by atoms with van der Waals surface area (Å²) in [6, 6.07) is 0.494. The molecule has 0 aromatic rings. The van der Waals surface area contributed by atoms with Crippen LogP contribution in [0, 0.1) is 11.8 Å². The highest BCUT2D eigenvalue weighted by Crippen LogP contribution is 2.32. The molecule has 1 atom stereocenters. The van der Waals surface area contributed by atoms with Crippen LogP contribution in [-0.4, -0.2) is 29.6 Å². The Kier molecular flexibility index (Phi) is 4.66. The fourth-order valence-electron chi connectivity index (χ4n) is 3.64. The molecule has 1 aliphatic carbocycles. The Morgan fingerprint density at radius 3 is 2.50 bits per heavy atom. The Morgan fingerprint density at radius 2 is 1.94 bits per heavy atom. The molecule has 0 radical (unpaired) electrons. The third-order valence-electron chi connectivity index (χ3n) is 4.59. The molecule has 1 N–H and O–H groups in total. The average Bonchev–Trinajstić information content (AvgIpc) is 2.73. The molecule has 3 heteroatoms. The summed E-state index contributed by atoms with van der Waals surface area (Å²) in [6.45, 7) is 7.21. The number of rotatable bonds is 4. The Hall–Kier alpha value is -0.570. The van der Waals surface area contributed by atoms with Crippen LogP contribution in [0.25, 0.3) is 0 Å². The first-order chi connectivity index (χ1) is 8.63. The van der Waals surface area contributed by atoms with Crippen molar-refractivity contribution in [3.8, 4) is 0 Å². The number of hydrogen-bond acceptors (Lipinski definition) is 2. The van der Waals surface area contributed by atoms with Gasteiger partial charge in [-0.1, -0.05) is 33.6 Å². The third-order valence-corrected chi connectivity index (χ3v) is 4.59. The molecular weight excluding hydrogens is 224 g/mol. The van der Waals surface area contributed by atoms with E-state index < -0.39 is 0 Å². The molecule has 2 fully saturated rings. The lowest BCUT2D eigenvalue weighted by molar-refractivity contribution is -0.131. The van der Waals surface area contributed by atoms with Gasteiger partial charge in [-0.05, 0) is 37.5 Å². The summed E-state index contributed by atoms with van der Waals surface area (Å²) in [6.07, 6.45) is 7.98. The van der Waals surface area contributed by atoms with E-state index in [1.54, 1.807) is 0 Å². The highest BCUT2D eigenvalue weighted by molar-refractivity contribution is 5.81. The molecule has 0 aromatic heterocycles. The highest BCUT2D eigenvalue weighted by Gasteiger charge is 2.38. The fraction of sp³-hybridized carbons (Fsp3) is 0.933. The minimum atomic E-state index is 0.269. The number of nitrogens with zero attached hydrogens (tertiary/aromatic N) is 1. The molecule has 0 bridgehead atoms. The Labute approximate surface area is 111 Å². The summed E-state index contributed by atoms with van der Waals surface area (Å²) in [5.74, 6) is 1.73. The second-order valence-corrected chi connectivity index (χ2v) is 6.33. The van der Waals surface area contributed by atoms with Crippen LogP contribution < -0.4 is 5.32 Å². The van der Waals surface area contributed by atoms with E-state index in [0.29, 0.717) is 24.4 Å². The fourth-order valence-corrected chi connectivity index (χ4v) is 3.64. The van der Waals surface area contributed by atoms with Crippen molar-refractivity contribution in [3.63, 3.8) is 0 Å². The van der Waals surface area contributed by atoms with E-state index in [4.69, 9.17) is 0 Å². The van der Waals surface area contributed by atoms with Gasteiger partial charge in [0.05, 0.1) is 12.7 Å². The quantitative estimate of drug-likeness (QED) is 0.834. The van der Waals surface area contributed by atoms with Gasteiger partial charge in [-0.15, -0.1) is 0 Å². The van der Waals surface area contributed by atoms with Crippen LogP contribution in [0.5, 0.6) is 0 Å². The van der Waals surface area contributed by atoms with Crippen LogP contribution in [0.1, 0.15) is 59.3 Å². The van der Waals surface area contributed by atoms with Gasteiger partial charge in [-0.2, -0.15) is 0 Å². The molecule has 3 nitrogen and oxygen atoms in total. The van der Waals surface area contributed by atoms with E-state index in [2.05, 4.69) is 31.0 Å². The summed E-state index contributed by atoms with van der Waals surface area (Å²) >= 11 is 0. The van der Waals surface area contributed by atoms with Crippen molar-refractivity contribution in [2.45, 2.75) is 71.5 Å². The van der Waals surface area contributed by atoms with Crippen molar-refractivity contribution in [2.24, 2.45) is 11.8 Å². The molecule has 18 heavy (non-hydrogen) atoms. The molecular formula is C15H28N2O. The number of amides is 1. The molecule has 1 amide bonds. The van der Waals surface area contributed by atoms with Gasteiger partial charge in [0, 0.05) is 6.04 Å². The van der Waals surface area contributed by atoms with E-state index in [-0.39, 0.29) is 6.17 Å². The van der Waals surface area contributed by atoms with Gasteiger partial charge < -0.3 is 4.90 Å². The minimum absolute atomic E-state index is 0.269. The SMILES string of the molecule is CCCC1CCC(N2C(=O)CNC2C(C)C)CC1. The van der Waals surface area contributed by atoms with Crippen molar-refractivity contribution >= 4 is 5.91 Å². The predicted octanol–water partition coefficient (Wildman–Crippen LogP) is 2.76. The molecule has 2 aliphatic rings. The number of hydrogen-bond donors (Lipinski definition) is 1. The van der Waals surface area contributed by atoms with Crippen molar-refractivity contribution in [1.82, 2.24) is 10.2 Å². The lowest BCUT2D eigenvalue weighted by Gasteiger charge is -2.39. The van der Waals surface area contributed by atoms with Gasteiger partial charge in [-0.3, -0.25) is 10.1 Å². The first-order valence-corrected chi connectivity index (χ1v) is 7.68. The van der Waals surface area contributed by atoms with Gasteiger partial charge in [0.2, 0.25) is 5.91 Å². The van der Waals surface area contributed by atoms with Crippen LogP contribution in [-0.2, 0) is 4.79 Å². The molecule has 1 saturated carbocycles. The topological polar surface area (TPSA) is 32.3 Å². The molecule has 0 aromatic carbocycles. The zero-order valence-electron chi connectivity index (χ0n) is 12.1. The summed E-state index contributed by atoms with van der Waals surface area (Å²) in [4.78, 5) is 14.2. The van der Waals surface area contributed by atoms with Gasteiger partial charge in [0.1, 0.15) is 0 Å². The standard InChI is InChI=1S/C15H28N2O/c1-4-5-12-6-8-13(9-7-12)17-14(18)10-16-15(17)11(2)3/h11-13,15-16H,4-10H2,1-3H3. The average molecular weight is 252 g/mol. The summed E-state index contributed by atoms with van der Waals surface area (Å²) in [5, 5.41) is 3.37. The molecule has 0 spiro atoms. The van der Waals surface area contributed by atoms with Crippen molar-refractivity contribution in [2.75, 3.05) is 6.54 Å². The zero-order valence-corrected chi connectivity index (χ0v) is 12.1. The molecule has 2 rings (SSSR count). The van der Waals surface area contributed by atoms with Crippen LogP contribution in [0.2, 0.25) is 0 Å². The predicted molar refractivity (Wildman–Crippen MR) is 74.1 cm³/mol. The summed E-state index contributed by atoms with van der Waals surface area (Å²) in [5.41, 5.74) is 0. The molecule has 1 saturated heterocycles. The highest BCUT2D eigenvalue weighted by atomic mass is 16.2. The molecule has 1 heterocycles. The maximum absolute atomic E-state index is 12.1. The first-order valence-electron chi connectivity index (χ1n) is 7.68.